The molecular weight excluding hydrogens is 377 g/mol. The number of alkyl halides is 1. The zero-order valence-corrected chi connectivity index (χ0v) is 12.3. The minimum Gasteiger partial charge on any atom is -0.348 e. The average molecular weight is 388 g/mol. The second kappa shape index (κ2) is 6.07. The van der Waals surface area contributed by atoms with Gasteiger partial charge in [0.05, 0.1) is 8.45 Å². The Balaban J connectivity index is 2.58. The normalized spacial score (nSPS) is 12.5. The summed E-state index contributed by atoms with van der Waals surface area (Å²) in [6.07, 6.45) is 0.943. The van der Waals surface area contributed by atoms with Crippen LogP contribution in [-0.2, 0) is 0 Å². The van der Waals surface area contributed by atoms with Crippen LogP contribution < -0.4 is 5.32 Å². The number of hydrogen-bond acceptors (Lipinski definition) is 2. The van der Waals surface area contributed by atoms with Crippen LogP contribution in [-0.4, -0.2) is 17.3 Å². The van der Waals surface area contributed by atoms with E-state index in [1.165, 1.54) is 0 Å². The average Bonchev–Trinajstić information content (AvgIpc) is 2.61. The zero-order chi connectivity index (χ0) is 10.6. The summed E-state index contributed by atoms with van der Waals surface area (Å²) in [7, 11) is 0. The Morgan fingerprint density at radius 3 is 2.93 bits per heavy atom. The highest BCUT2D eigenvalue weighted by Crippen LogP contribution is 2.16. The molecule has 78 valence electrons. The molecule has 0 spiro atoms. The molecule has 14 heavy (non-hydrogen) atoms. The third kappa shape index (κ3) is 3.51. The largest absolute Gasteiger partial charge is 0.348 e. The maximum absolute atomic E-state index is 11.7. The van der Waals surface area contributed by atoms with E-state index in [9.17, 15) is 4.79 Å². The van der Waals surface area contributed by atoms with Crippen LogP contribution in [0.4, 0.5) is 0 Å². The van der Waals surface area contributed by atoms with Gasteiger partial charge in [0.25, 0.3) is 5.91 Å². The fourth-order valence-corrected chi connectivity index (χ4v) is 2.89. The number of rotatable bonds is 4. The molecule has 0 bridgehead atoms. The summed E-state index contributed by atoms with van der Waals surface area (Å²) in [5.74, 6) is 0.0236. The molecule has 0 aliphatic carbocycles. The number of halogens is 2. The third-order valence-electron chi connectivity index (χ3n) is 1.84. The predicted octanol–water partition coefficient (Wildman–Crippen LogP) is 3.26. The second-order valence-corrected chi connectivity index (χ2v) is 6.33. The number of carbonyl (C=O) groups excluding carboxylic acids is 1. The van der Waals surface area contributed by atoms with Crippen molar-refractivity contribution in [2.75, 3.05) is 5.33 Å². The molecule has 5 heteroatoms. The lowest BCUT2D eigenvalue weighted by Crippen LogP contribution is -2.35. The van der Waals surface area contributed by atoms with E-state index in [1.54, 1.807) is 11.3 Å². The van der Waals surface area contributed by atoms with Crippen molar-refractivity contribution in [3.05, 3.63) is 19.9 Å². The molecule has 1 rings (SSSR count). The molecule has 1 N–H and O–H groups in total. The molecule has 0 radical (unpaired) electrons. The highest BCUT2D eigenvalue weighted by atomic mass is 127. The van der Waals surface area contributed by atoms with Crippen LogP contribution in [0.1, 0.15) is 23.7 Å². The molecule has 2 nitrogen and oxygen atoms in total. The second-order valence-electron chi connectivity index (χ2n) is 2.87. The van der Waals surface area contributed by atoms with Crippen molar-refractivity contribution in [3.8, 4) is 0 Å². The van der Waals surface area contributed by atoms with E-state index in [1.807, 2.05) is 11.4 Å². The number of amides is 1. The summed E-state index contributed by atoms with van der Waals surface area (Å²) in [5, 5.41) is 5.65. The fourth-order valence-electron chi connectivity index (χ4n) is 0.948. The van der Waals surface area contributed by atoms with Gasteiger partial charge in [0.15, 0.2) is 0 Å². The Morgan fingerprint density at radius 1 is 1.79 bits per heavy atom. The van der Waals surface area contributed by atoms with Gasteiger partial charge in [0.1, 0.15) is 0 Å². The van der Waals surface area contributed by atoms with Crippen LogP contribution >= 0.6 is 49.9 Å². The van der Waals surface area contributed by atoms with Crippen LogP contribution in [0, 0.1) is 2.88 Å². The molecular formula is C9H11BrINOS. The number of carbonyl (C=O) groups is 1. The van der Waals surface area contributed by atoms with E-state index in [2.05, 4.69) is 50.8 Å². The number of thiophene rings is 1. The van der Waals surface area contributed by atoms with Crippen molar-refractivity contribution in [1.82, 2.24) is 5.32 Å². The van der Waals surface area contributed by atoms with Crippen molar-refractivity contribution in [1.29, 1.82) is 0 Å². The molecule has 1 heterocycles. The summed E-state index contributed by atoms with van der Waals surface area (Å²) in [4.78, 5) is 11.7. The summed E-state index contributed by atoms with van der Waals surface area (Å²) in [5.41, 5.74) is 0.763. The van der Waals surface area contributed by atoms with Crippen LogP contribution in [0.5, 0.6) is 0 Å². The van der Waals surface area contributed by atoms with Gasteiger partial charge in [-0.25, -0.2) is 0 Å². The summed E-state index contributed by atoms with van der Waals surface area (Å²) < 4.78 is 1.14. The van der Waals surface area contributed by atoms with Crippen molar-refractivity contribution in [3.63, 3.8) is 0 Å². The van der Waals surface area contributed by atoms with E-state index in [0.29, 0.717) is 0 Å². The van der Waals surface area contributed by atoms with Gasteiger partial charge in [-0.2, -0.15) is 0 Å². The molecule has 0 saturated carbocycles. The standard InChI is InChI=1S/C9H11BrINOS/c1-2-7(4-10)12-9(13)6-3-8(11)14-5-6/h3,5,7H,2,4H2,1H3,(H,12,13). The van der Waals surface area contributed by atoms with Crippen molar-refractivity contribution >= 4 is 55.8 Å². The maximum atomic E-state index is 11.7. The molecule has 1 aromatic heterocycles. The first kappa shape index (κ1) is 12.4. The number of nitrogens with one attached hydrogen (secondary N) is 1. The smallest absolute Gasteiger partial charge is 0.252 e. The van der Waals surface area contributed by atoms with Gasteiger partial charge in [-0.1, -0.05) is 22.9 Å². The fraction of sp³-hybridized carbons (Fsp3) is 0.444. The van der Waals surface area contributed by atoms with Gasteiger partial charge < -0.3 is 5.32 Å². The Hall–Kier alpha value is 0.380. The van der Waals surface area contributed by atoms with Crippen LogP contribution in [0.3, 0.4) is 0 Å². The summed E-state index contributed by atoms with van der Waals surface area (Å²) in [6.45, 7) is 2.06. The van der Waals surface area contributed by atoms with Gasteiger partial charge in [-0.15, -0.1) is 11.3 Å². The van der Waals surface area contributed by atoms with Crippen molar-refractivity contribution in [2.45, 2.75) is 19.4 Å². The molecule has 0 aliphatic rings. The first-order chi connectivity index (χ1) is 6.67. The van der Waals surface area contributed by atoms with Gasteiger partial charge in [0, 0.05) is 16.8 Å². The lowest BCUT2D eigenvalue weighted by Gasteiger charge is -2.12. The first-order valence-corrected chi connectivity index (χ1v) is 7.36. The monoisotopic (exact) mass is 387 g/mol. The molecule has 0 aliphatic heterocycles. The summed E-state index contributed by atoms with van der Waals surface area (Å²) >= 11 is 7.17. The molecule has 0 fully saturated rings. The van der Waals surface area contributed by atoms with E-state index in [0.717, 1.165) is 20.2 Å². The summed E-state index contributed by atoms with van der Waals surface area (Å²) in [6, 6.07) is 2.13. The Kier molecular flexibility index (Phi) is 5.40. The Bertz CT molecular complexity index is 312. The highest BCUT2D eigenvalue weighted by molar-refractivity contribution is 14.1. The van der Waals surface area contributed by atoms with Gasteiger partial charge >= 0.3 is 0 Å². The minimum atomic E-state index is 0.0236. The molecule has 1 aromatic rings. The van der Waals surface area contributed by atoms with Crippen LogP contribution in [0.25, 0.3) is 0 Å². The zero-order valence-electron chi connectivity index (χ0n) is 7.72. The Morgan fingerprint density at radius 2 is 2.50 bits per heavy atom. The van der Waals surface area contributed by atoms with Crippen molar-refractivity contribution < 1.29 is 4.79 Å². The van der Waals surface area contributed by atoms with Gasteiger partial charge in [-0.3, -0.25) is 4.79 Å². The first-order valence-electron chi connectivity index (χ1n) is 4.28. The van der Waals surface area contributed by atoms with E-state index in [-0.39, 0.29) is 11.9 Å². The van der Waals surface area contributed by atoms with Crippen LogP contribution in [0.15, 0.2) is 11.4 Å². The Labute approximate surface area is 110 Å². The van der Waals surface area contributed by atoms with Crippen LogP contribution in [0.2, 0.25) is 0 Å². The third-order valence-corrected chi connectivity index (χ3v) is 4.41. The molecule has 1 unspecified atom stereocenters. The lowest BCUT2D eigenvalue weighted by molar-refractivity contribution is 0.0940. The number of hydrogen-bond donors (Lipinski definition) is 1. The van der Waals surface area contributed by atoms with E-state index in [4.69, 9.17) is 0 Å². The quantitative estimate of drug-likeness (QED) is 0.623. The van der Waals surface area contributed by atoms with Gasteiger partial charge in [-0.05, 0) is 35.1 Å². The molecule has 1 amide bonds. The van der Waals surface area contributed by atoms with E-state index >= 15 is 0 Å². The van der Waals surface area contributed by atoms with Crippen molar-refractivity contribution in [2.24, 2.45) is 0 Å². The van der Waals surface area contributed by atoms with E-state index < -0.39 is 0 Å². The molecule has 1 atom stereocenters. The SMILES string of the molecule is CCC(CBr)NC(=O)c1csc(I)c1. The minimum absolute atomic E-state index is 0.0236. The highest BCUT2D eigenvalue weighted by Gasteiger charge is 2.11. The topological polar surface area (TPSA) is 29.1 Å². The lowest BCUT2D eigenvalue weighted by atomic mass is 10.2. The van der Waals surface area contributed by atoms with Gasteiger partial charge in [0.2, 0.25) is 0 Å². The predicted molar refractivity (Wildman–Crippen MR) is 72.4 cm³/mol. The molecule has 0 aromatic carbocycles. The molecule has 0 saturated heterocycles. The maximum Gasteiger partial charge on any atom is 0.252 e.